The highest BCUT2D eigenvalue weighted by molar-refractivity contribution is 7.99. The Balaban J connectivity index is 1.38. The van der Waals surface area contributed by atoms with Crippen LogP contribution in [0.2, 0.25) is 0 Å². The quantitative estimate of drug-likeness (QED) is 0.576. The molecule has 1 saturated heterocycles. The highest BCUT2D eigenvalue weighted by Gasteiger charge is 2.17. The monoisotopic (exact) mass is 348 g/mol. The lowest BCUT2D eigenvalue weighted by atomic mass is 9.97. The van der Waals surface area contributed by atoms with Gasteiger partial charge in [-0.05, 0) is 25.5 Å². The lowest BCUT2D eigenvalue weighted by Crippen LogP contribution is -2.30. The van der Waals surface area contributed by atoms with Crippen LogP contribution in [-0.4, -0.2) is 50.6 Å². The molecule has 1 aliphatic heterocycles. The number of nitrogens with one attached hydrogen (secondary N) is 2. The van der Waals surface area contributed by atoms with Gasteiger partial charge in [0, 0.05) is 50.4 Å². The molecule has 2 N–H and O–H groups in total. The normalized spacial score (nSPS) is 17.8. The zero-order valence-corrected chi connectivity index (χ0v) is 14.8. The number of rotatable bonds is 7. The predicted octanol–water partition coefficient (Wildman–Crippen LogP) is 0.992. The van der Waals surface area contributed by atoms with Gasteiger partial charge in [0.1, 0.15) is 6.54 Å². The molecule has 1 fully saturated rings. The van der Waals surface area contributed by atoms with Gasteiger partial charge in [-0.15, -0.1) is 0 Å². The average molecular weight is 348 g/mol. The molecule has 2 aromatic rings. The van der Waals surface area contributed by atoms with Gasteiger partial charge in [0.05, 0.1) is 5.69 Å². The summed E-state index contributed by atoms with van der Waals surface area (Å²) in [5, 5.41) is 11.8. The fourth-order valence-electron chi connectivity index (χ4n) is 2.81. The van der Waals surface area contributed by atoms with E-state index >= 15 is 0 Å². The van der Waals surface area contributed by atoms with Gasteiger partial charge in [0.2, 0.25) is 5.91 Å². The number of piperidine rings is 1. The number of thioether (sulfide) groups is 1. The van der Waals surface area contributed by atoms with Crippen molar-refractivity contribution < 1.29 is 4.79 Å². The molecule has 8 heteroatoms. The first-order valence-corrected chi connectivity index (χ1v) is 9.32. The SMILES string of the molecule is Cn1ccnc1SCCNC(=O)Cn1ccc(C2CCCNC2)n1. The van der Waals surface area contributed by atoms with E-state index in [0.717, 1.165) is 29.7 Å². The second-order valence-corrected chi connectivity index (χ2v) is 7.06. The van der Waals surface area contributed by atoms with Gasteiger partial charge in [0.15, 0.2) is 5.16 Å². The Kier molecular flexibility index (Phi) is 5.92. The van der Waals surface area contributed by atoms with E-state index in [1.54, 1.807) is 22.6 Å². The van der Waals surface area contributed by atoms with Gasteiger partial charge in [-0.1, -0.05) is 11.8 Å². The number of hydrogen-bond acceptors (Lipinski definition) is 5. The van der Waals surface area contributed by atoms with E-state index in [-0.39, 0.29) is 12.5 Å². The second kappa shape index (κ2) is 8.34. The van der Waals surface area contributed by atoms with E-state index in [9.17, 15) is 4.79 Å². The topological polar surface area (TPSA) is 76.8 Å². The highest BCUT2D eigenvalue weighted by Crippen LogP contribution is 2.21. The van der Waals surface area contributed by atoms with Gasteiger partial charge in [-0.25, -0.2) is 4.98 Å². The van der Waals surface area contributed by atoms with Crippen LogP contribution in [0.5, 0.6) is 0 Å². The third-order valence-corrected chi connectivity index (χ3v) is 5.17. The zero-order chi connectivity index (χ0) is 16.8. The number of aromatic nitrogens is 4. The minimum absolute atomic E-state index is 0.00754. The van der Waals surface area contributed by atoms with Crippen molar-refractivity contribution in [2.24, 2.45) is 7.05 Å². The van der Waals surface area contributed by atoms with Crippen molar-refractivity contribution in [2.45, 2.75) is 30.5 Å². The maximum atomic E-state index is 12.0. The van der Waals surface area contributed by atoms with Crippen molar-refractivity contribution in [2.75, 3.05) is 25.4 Å². The molecule has 3 heterocycles. The third kappa shape index (κ3) is 4.61. The van der Waals surface area contributed by atoms with Crippen molar-refractivity contribution in [3.63, 3.8) is 0 Å². The summed E-state index contributed by atoms with van der Waals surface area (Å²) < 4.78 is 3.70. The summed E-state index contributed by atoms with van der Waals surface area (Å²) in [5.74, 6) is 1.26. The Labute approximate surface area is 146 Å². The maximum Gasteiger partial charge on any atom is 0.241 e. The van der Waals surface area contributed by atoms with Crippen LogP contribution in [0.4, 0.5) is 0 Å². The summed E-state index contributed by atoms with van der Waals surface area (Å²) in [6.07, 6.45) is 7.94. The lowest BCUT2D eigenvalue weighted by molar-refractivity contribution is -0.121. The van der Waals surface area contributed by atoms with Crippen molar-refractivity contribution in [3.05, 3.63) is 30.4 Å². The largest absolute Gasteiger partial charge is 0.354 e. The van der Waals surface area contributed by atoms with Crippen LogP contribution in [0.25, 0.3) is 0 Å². The number of imidazole rings is 1. The molecular formula is C16H24N6OS. The molecule has 0 bridgehead atoms. The molecule has 0 saturated carbocycles. The first-order chi connectivity index (χ1) is 11.7. The smallest absolute Gasteiger partial charge is 0.241 e. The Morgan fingerprint density at radius 2 is 2.42 bits per heavy atom. The van der Waals surface area contributed by atoms with Crippen molar-refractivity contribution in [3.8, 4) is 0 Å². The number of aryl methyl sites for hydroxylation is 1. The minimum atomic E-state index is -0.00754. The standard InChI is InChI=1S/C16H24N6OS/c1-21-9-6-19-16(21)24-10-7-18-15(23)12-22-8-4-14(20-22)13-3-2-5-17-11-13/h4,6,8-9,13,17H,2-3,5,7,10-12H2,1H3,(H,18,23). The molecule has 1 aliphatic rings. The van der Waals surface area contributed by atoms with Gasteiger partial charge >= 0.3 is 0 Å². The van der Waals surface area contributed by atoms with Crippen LogP contribution < -0.4 is 10.6 Å². The molecule has 1 amide bonds. The predicted molar refractivity (Wildman–Crippen MR) is 94.0 cm³/mol. The molecule has 2 aromatic heterocycles. The van der Waals surface area contributed by atoms with E-state index in [2.05, 4.69) is 20.7 Å². The summed E-state index contributed by atoms with van der Waals surface area (Å²) >= 11 is 1.63. The summed E-state index contributed by atoms with van der Waals surface area (Å²) in [6, 6.07) is 2.03. The molecule has 1 atom stereocenters. The Bertz CT molecular complexity index is 661. The van der Waals surface area contributed by atoms with Crippen LogP contribution in [0.1, 0.15) is 24.5 Å². The summed E-state index contributed by atoms with van der Waals surface area (Å²) in [6.45, 7) is 2.97. The van der Waals surface area contributed by atoms with Gasteiger partial charge in [-0.2, -0.15) is 5.10 Å². The lowest BCUT2D eigenvalue weighted by Gasteiger charge is -2.20. The summed E-state index contributed by atoms with van der Waals surface area (Å²) in [7, 11) is 1.96. The van der Waals surface area contributed by atoms with E-state index < -0.39 is 0 Å². The molecule has 0 spiro atoms. The van der Waals surface area contributed by atoms with E-state index in [4.69, 9.17) is 0 Å². The number of hydrogen-bond donors (Lipinski definition) is 2. The third-order valence-electron chi connectivity index (χ3n) is 4.11. The first kappa shape index (κ1) is 17.0. The highest BCUT2D eigenvalue weighted by atomic mass is 32.2. The van der Waals surface area contributed by atoms with Crippen LogP contribution in [0, 0.1) is 0 Å². The zero-order valence-electron chi connectivity index (χ0n) is 13.9. The fourth-order valence-corrected chi connectivity index (χ4v) is 3.60. The fraction of sp³-hybridized carbons (Fsp3) is 0.562. The van der Waals surface area contributed by atoms with Gasteiger partial charge in [-0.3, -0.25) is 9.48 Å². The Hall–Kier alpha value is -1.80. The van der Waals surface area contributed by atoms with E-state index in [1.807, 2.05) is 30.1 Å². The molecule has 1 unspecified atom stereocenters. The first-order valence-electron chi connectivity index (χ1n) is 8.33. The molecule has 0 aliphatic carbocycles. The number of carbonyl (C=O) groups is 1. The van der Waals surface area contributed by atoms with Crippen LogP contribution >= 0.6 is 11.8 Å². The maximum absolute atomic E-state index is 12.0. The molecular weight excluding hydrogens is 324 g/mol. The molecule has 7 nitrogen and oxygen atoms in total. The Morgan fingerprint density at radius 1 is 1.50 bits per heavy atom. The molecule has 0 aromatic carbocycles. The summed E-state index contributed by atoms with van der Waals surface area (Å²) in [5.41, 5.74) is 1.08. The van der Waals surface area contributed by atoms with E-state index in [1.165, 1.54) is 12.8 Å². The number of nitrogens with zero attached hydrogens (tertiary/aromatic N) is 4. The van der Waals surface area contributed by atoms with Crippen LogP contribution in [0.3, 0.4) is 0 Å². The molecule has 0 radical (unpaired) electrons. The second-order valence-electron chi connectivity index (χ2n) is 6.00. The number of amides is 1. The van der Waals surface area contributed by atoms with Gasteiger partial charge in [0.25, 0.3) is 0 Å². The molecule has 24 heavy (non-hydrogen) atoms. The Morgan fingerprint density at radius 3 is 3.17 bits per heavy atom. The van der Waals surface area contributed by atoms with Crippen molar-refractivity contribution in [1.29, 1.82) is 0 Å². The van der Waals surface area contributed by atoms with Crippen molar-refractivity contribution >= 4 is 17.7 Å². The minimum Gasteiger partial charge on any atom is -0.354 e. The molecule has 130 valence electrons. The van der Waals surface area contributed by atoms with E-state index in [0.29, 0.717) is 12.5 Å². The van der Waals surface area contributed by atoms with Crippen LogP contribution in [-0.2, 0) is 18.4 Å². The average Bonchev–Trinajstić information content (AvgIpc) is 3.22. The van der Waals surface area contributed by atoms with Crippen molar-refractivity contribution in [1.82, 2.24) is 30.0 Å². The number of carbonyl (C=O) groups excluding carboxylic acids is 1. The van der Waals surface area contributed by atoms with Crippen LogP contribution in [0.15, 0.2) is 29.8 Å². The van der Waals surface area contributed by atoms with Gasteiger partial charge < -0.3 is 15.2 Å². The molecule has 3 rings (SSSR count). The summed E-state index contributed by atoms with van der Waals surface area (Å²) in [4.78, 5) is 16.3.